The number of rotatable bonds is 5. The number of hydrogen-bond acceptors (Lipinski definition) is 4. The lowest BCUT2D eigenvalue weighted by Gasteiger charge is -2.04. The Labute approximate surface area is 161 Å². The number of para-hydroxylation sites is 2. The second-order valence-corrected chi connectivity index (χ2v) is 6.28. The normalized spacial score (nSPS) is 11.2. The number of hydrogen-bond donors (Lipinski definition) is 3. The second kappa shape index (κ2) is 7.40. The molecule has 0 aliphatic rings. The molecule has 1 amide bonds. The van der Waals surface area contributed by atoms with Gasteiger partial charge in [0.1, 0.15) is 11.4 Å². The van der Waals surface area contributed by atoms with E-state index in [-0.39, 0.29) is 5.91 Å². The van der Waals surface area contributed by atoms with Gasteiger partial charge in [-0.3, -0.25) is 9.89 Å². The summed E-state index contributed by atoms with van der Waals surface area (Å²) in [5.74, 6) is 0.316. The van der Waals surface area contributed by atoms with Gasteiger partial charge in [-0.25, -0.2) is 5.43 Å². The maximum Gasteiger partial charge on any atom is 0.289 e. The van der Waals surface area contributed by atoms with Gasteiger partial charge in [0.15, 0.2) is 0 Å². The number of aromatic nitrogens is 3. The number of aromatic amines is 2. The highest BCUT2D eigenvalue weighted by Crippen LogP contribution is 2.28. The number of carbonyl (C=O) groups is 1. The number of methoxy groups -OCH3 is 1. The molecule has 2 aromatic heterocycles. The molecule has 0 saturated carbocycles. The molecule has 7 nitrogen and oxygen atoms in total. The van der Waals surface area contributed by atoms with Gasteiger partial charge in [0.25, 0.3) is 5.91 Å². The van der Waals surface area contributed by atoms with Gasteiger partial charge < -0.3 is 9.72 Å². The Balaban J connectivity index is 1.51. The molecular formula is C21H19N5O2. The fourth-order valence-electron chi connectivity index (χ4n) is 3.11. The van der Waals surface area contributed by atoms with Crippen LogP contribution in [0.4, 0.5) is 0 Å². The van der Waals surface area contributed by atoms with E-state index in [1.807, 2.05) is 55.5 Å². The molecule has 28 heavy (non-hydrogen) atoms. The molecule has 0 aliphatic heterocycles. The zero-order valence-corrected chi connectivity index (χ0v) is 15.5. The Morgan fingerprint density at radius 2 is 1.96 bits per heavy atom. The minimum Gasteiger partial charge on any atom is -0.496 e. The molecule has 4 rings (SSSR count). The van der Waals surface area contributed by atoms with Crippen LogP contribution in [-0.4, -0.2) is 34.4 Å². The van der Waals surface area contributed by atoms with Crippen LogP contribution in [0.5, 0.6) is 5.75 Å². The number of ether oxygens (including phenoxy) is 1. The first kappa shape index (κ1) is 17.5. The molecule has 140 valence electrons. The number of nitrogens with zero attached hydrogens (tertiary/aromatic N) is 2. The van der Waals surface area contributed by atoms with E-state index in [0.717, 1.165) is 27.7 Å². The highest BCUT2D eigenvalue weighted by Gasteiger charge is 2.13. The smallest absolute Gasteiger partial charge is 0.289 e. The topological polar surface area (TPSA) is 95.2 Å². The van der Waals surface area contributed by atoms with Crippen LogP contribution in [0.15, 0.2) is 59.7 Å². The number of hydrazone groups is 1. The standard InChI is InChI=1S/C21H19N5O2/c1-13-16(14-7-3-5-9-17(14)23-13)12-22-26-21(27)19-11-18(24-25-19)15-8-4-6-10-20(15)28-2/h3-12,23H,1-2H3,(H,24,25)(H,26,27)/b22-12-. The number of carbonyl (C=O) groups excluding carboxylic acids is 1. The number of amides is 1. The highest BCUT2D eigenvalue weighted by atomic mass is 16.5. The van der Waals surface area contributed by atoms with Crippen LogP contribution in [0.2, 0.25) is 0 Å². The second-order valence-electron chi connectivity index (χ2n) is 6.28. The van der Waals surface area contributed by atoms with Crippen molar-refractivity contribution in [3.63, 3.8) is 0 Å². The monoisotopic (exact) mass is 373 g/mol. The van der Waals surface area contributed by atoms with Gasteiger partial charge in [0, 0.05) is 27.7 Å². The highest BCUT2D eigenvalue weighted by molar-refractivity contribution is 6.01. The van der Waals surface area contributed by atoms with E-state index in [9.17, 15) is 4.79 Å². The molecule has 2 heterocycles. The molecule has 0 unspecified atom stereocenters. The zero-order chi connectivity index (χ0) is 19.5. The van der Waals surface area contributed by atoms with Gasteiger partial charge >= 0.3 is 0 Å². The van der Waals surface area contributed by atoms with Gasteiger partial charge in [-0.1, -0.05) is 30.3 Å². The Bertz CT molecular complexity index is 1170. The van der Waals surface area contributed by atoms with E-state index in [2.05, 4.69) is 25.7 Å². The van der Waals surface area contributed by atoms with Gasteiger partial charge in [-0.15, -0.1) is 0 Å². The molecule has 0 radical (unpaired) electrons. The predicted octanol–water partition coefficient (Wildman–Crippen LogP) is 3.64. The molecule has 0 bridgehead atoms. The van der Waals surface area contributed by atoms with Crippen LogP contribution in [0.3, 0.4) is 0 Å². The summed E-state index contributed by atoms with van der Waals surface area (Å²) >= 11 is 0. The average Bonchev–Trinajstić information content (AvgIpc) is 3.33. The lowest BCUT2D eigenvalue weighted by molar-refractivity contribution is 0.0950. The lowest BCUT2D eigenvalue weighted by Crippen LogP contribution is -2.18. The molecule has 0 fully saturated rings. The number of aryl methyl sites for hydroxylation is 1. The van der Waals surface area contributed by atoms with Crippen molar-refractivity contribution < 1.29 is 9.53 Å². The summed E-state index contributed by atoms with van der Waals surface area (Å²) in [5, 5.41) is 12.1. The van der Waals surface area contributed by atoms with Crippen molar-refractivity contribution in [2.45, 2.75) is 6.92 Å². The van der Waals surface area contributed by atoms with Crippen molar-refractivity contribution in [3.05, 3.63) is 71.5 Å². The minimum atomic E-state index is -0.373. The van der Waals surface area contributed by atoms with Crippen LogP contribution in [0, 0.1) is 6.92 Å². The lowest BCUT2D eigenvalue weighted by atomic mass is 10.1. The van der Waals surface area contributed by atoms with Crippen molar-refractivity contribution in [1.29, 1.82) is 0 Å². The van der Waals surface area contributed by atoms with E-state index in [1.54, 1.807) is 19.4 Å². The number of fused-ring (bicyclic) bond motifs is 1. The molecule has 0 atom stereocenters. The summed E-state index contributed by atoms with van der Waals surface area (Å²) in [6.07, 6.45) is 1.64. The van der Waals surface area contributed by atoms with E-state index in [1.165, 1.54) is 0 Å². The van der Waals surface area contributed by atoms with E-state index in [0.29, 0.717) is 17.1 Å². The van der Waals surface area contributed by atoms with Crippen molar-refractivity contribution in [1.82, 2.24) is 20.6 Å². The van der Waals surface area contributed by atoms with Crippen molar-refractivity contribution in [2.24, 2.45) is 5.10 Å². The van der Waals surface area contributed by atoms with Crippen molar-refractivity contribution in [3.8, 4) is 17.0 Å². The number of nitrogens with one attached hydrogen (secondary N) is 3. The van der Waals surface area contributed by atoms with Crippen molar-refractivity contribution >= 4 is 23.0 Å². The summed E-state index contributed by atoms with van der Waals surface area (Å²) in [6, 6.07) is 17.1. The fourth-order valence-corrected chi connectivity index (χ4v) is 3.11. The molecule has 4 aromatic rings. The molecule has 0 aliphatic carbocycles. The predicted molar refractivity (Wildman–Crippen MR) is 109 cm³/mol. The Morgan fingerprint density at radius 3 is 2.82 bits per heavy atom. The summed E-state index contributed by atoms with van der Waals surface area (Å²) < 4.78 is 5.34. The molecule has 0 spiro atoms. The van der Waals surface area contributed by atoms with Crippen LogP contribution < -0.4 is 10.2 Å². The third kappa shape index (κ3) is 3.25. The maximum atomic E-state index is 12.4. The Hall–Kier alpha value is -3.87. The molecular weight excluding hydrogens is 354 g/mol. The number of H-pyrrole nitrogens is 2. The van der Waals surface area contributed by atoms with Gasteiger partial charge in [-0.2, -0.15) is 10.2 Å². The molecule has 0 saturated heterocycles. The minimum absolute atomic E-state index is 0.314. The molecule has 3 N–H and O–H groups in total. The third-order valence-electron chi connectivity index (χ3n) is 4.51. The van der Waals surface area contributed by atoms with E-state index in [4.69, 9.17) is 4.74 Å². The van der Waals surface area contributed by atoms with Crippen molar-refractivity contribution in [2.75, 3.05) is 7.11 Å². The largest absolute Gasteiger partial charge is 0.496 e. The first-order valence-corrected chi connectivity index (χ1v) is 8.77. The van der Waals surface area contributed by atoms with Gasteiger partial charge in [-0.05, 0) is 31.2 Å². The number of benzene rings is 2. The zero-order valence-electron chi connectivity index (χ0n) is 15.5. The van der Waals surface area contributed by atoms with Crippen LogP contribution >= 0.6 is 0 Å². The van der Waals surface area contributed by atoms with Gasteiger partial charge in [0.05, 0.1) is 19.0 Å². The Morgan fingerprint density at radius 1 is 1.18 bits per heavy atom. The SMILES string of the molecule is COc1ccccc1-c1cc(C(=O)N/N=C\c2c(C)[nH]c3ccccc23)[nH]n1. The third-order valence-corrected chi connectivity index (χ3v) is 4.51. The summed E-state index contributed by atoms with van der Waals surface area (Å²) in [6.45, 7) is 1.97. The van der Waals surface area contributed by atoms with Crippen LogP contribution in [0.1, 0.15) is 21.7 Å². The molecule has 2 aromatic carbocycles. The summed E-state index contributed by atoms with van der Waals surface area (Å²) in [5.41, 5.74) is 7.23. The van der Waals surface area contributed by atoms with E-state index < -0.39 is 0 Å². The Kier molecular flexibility index (Phi) is 4.63. The summed E-state index contributed by atoms with van der Waals surface area (Å²) in [4.78, 5) is 15.7. The summed E-state index contributed by atoms with van der Waals surface area (Å²) in [7, 11) is 1.60. The fraction of sp³-hybridized carbons (Fsp3) is 0.0952. The first-order chi connectivity index (χ1) is 13.7. The quantitative estimate of drug-likeness (QED) is 0.368. The van der Waals surface area contributed by atoms with Crippen LogP contribution in [-0.2, 0) is 0 Å². The molecule has 7 heteroatoms. The average molecular weight is 373 g/mol. The van der Waals surface area contributed by atoms with Gasteiger partial charge in [0.2, 0.25) is 0 Å². The first-order valence-electron chi connectivity index (χ1n) is 8.77. The maximum absolute atomic E-state index is 12.4. The van der Waals surface area contributed by atoms with E-state index >= 15 is 0 Å². The van der Waals surface area contributed by atoms with Crippen LogP contribution in [0.25, 0.3) is 22.2 Å².